The van der Waals surface area contributed by atoms with E-state index in [9.17, 15) is 19.5 Å². The smallest absolute Gasteiger partial charge is 0.306 e. The van der Waals surface area contributed by atoms with Gasteiger partial charge in [-0.1, -0.05) is 6.58 Å². The lowest BCUT2D eigenvalue weighted by atomic mass is 10.1. The van der Waals surface area contributed by atoms with Gasteiger partial charge in [-0.2, -0.15) is 0 Å². The van der Waals surface area contributed by atoms with Crippen LogP contribution < -0.4 is 0 Å². The minimum absolute atomic E-state index is 0.000579. The number of carboxylic acids is 1. The molecule has 0 radical (unpaired) electrons. The number of aliphatic hydroxyl groups excluding tert-OH is 1. The summed E-state index contributed by atoms with van der Waals surface area (Å²) in [5.41, 5.74) is 0.289. The van der Waals surface area contributed by atoms with Crippen LogP contribution in [0, 0.1) is 0 Å². The van der Waals surface area contributed by atoms with E-state index in [0.717, 1.165) is 0 Å². The first-order valence-corrected chi connectivity index (χ1v) is 5.58. The third-order valence-corrected chi connectivity index (χ3v) is 2.17. The van der Waals surface area contributed by atoms with Crippen molar-refractivity contribution in [3.8, 4) is 0 Å². The van der Waals surface area contributed by atoms with Crippen LogP contribution >= 0.6 is 0 Å². The van der Waals surface area contributed by atoms with Gasteiger partial charge < -0.3 is 14.9 Å². The second-order valence-electron chi connectivity index (χ2n) is 3.98. The number of carbonyl (C=O) groups is 3. The topological polar surface area (TPSA) is 101 Å². The Morgan fingerprint density at radius 1 is 1.22 bits per heavy atom. The molecule has 0 rings (SSSR count). The number of rotatable bonds is 9. The van der Waals surface area contributed by atoms with E-state index >= 15 is 0 Å². The maximum atomic E-state index is 11.2. The molecule has 102 valence electrons. The molecule has 6 heteroatoms. The van der Waals surface area contributed by atoms with Gasteiger partial charge in [-0.05, 0) is 25.3 Å². The molecule has 0 aromatic rings. The first-order chi connectivity index (χ1) is 8.34. The highest BCUT2D eigenvalue weighted by Crippen LogP contribution is 2.03. The number of unbranched alkanes of at least 4 members (excludes halogenated alkanes) is 1. The van der Waals surface area contributed by atoms with Gasteiger partial charge in [-0.3, -0.25) is 14.4 Å². The number of carbonyl (C=O) groups excluding carboxylic acids is 2. The van der Waals surface area contributed by atoms with Crippen LogP contribution in [-0.4, -0.2) is 40.6 Å². The lowest BCUT2D eigenvalue weighted by molar-refractivity contribution is -0.149. The Balaban J connectivity index is 3.74. The maximum Gasteiger partial charge on any atom is 0.306 e. The average molecular weight is 258 g/mol. The third kappa shape index (κ3) is 7.56. The molecule has 0 aromatic heterocycles. The molecule has 1 atom stereocenters. The zero-order valence-corrected chi connectivity index (χ0v) is 10.3. The van der Waals surface area contributed by atoms with E-state index in [1.165, 1.54) is 6.92 Å². The number of aliphatic hydroxyl groups is 1. The number of esters is 1. The van der Waals surface area contributed by atoms with Crippen molar-refractivity contribution in [3.05, 3.63) is 12.2 Å². The van der Waals surface area contributed by atoms with Crippen molar-refractivity contribution in [2.45, 2.75) is 38.7 Å². The highest BCUT2D eigenvalue weighted by molar-refractivity contribution is 5.88. The van der Waals surface area contributed by atoms with Crippen molar-refractivity contribution in [3.63, 3.8) is 0 Å². The minimum Gasteiger partial charge on any atom is -0.481 e. The van der Waals surface area contributed by atoms with Crippen LogP contribution in [0.25, 0.3) is 0 Å². The molecule has 0 saturated carbocycles. The quantitative estimate of drug-likeness (QED) is 0.358. The van der Waals surface area contributed by atoms with Crippen molar-refractivity contribution < 1.29 is 29.3 Å². The summed E-state index contributed by atoms with van der Waals surface area (Å²) in [5, 5.41) is 17.6. The molecule has 2 N–H and O–H groups in total. The average Bonchev–Trinajstić information content (AvgIpc) is 2.30. The number of aliphatic carboxylic acids is 1. The fraction of sp³-hybridized carbons (Fsp3) is 0.583. The predicted molar refractivity (Wildman–Crippen MR) is 62.9 cm³/mol. The van der Waals surface area contributed by atoms with Gasteiger partial charge in [0.2, 0.25) is 5.78 Å². The first-order valence-electron chi connectivity index (χ1n) is 5.58. The lowest BCUT2D eigenvalue weighted by Crippen LogP contribution is -2.26. The van der Waals surface area contributed by atoms with Crippen molar-refractivity contribution in [2.24, 2.45) is 0 Å². The van der Waals surface area contributed by atoms with E-state index < -0.39 is 30.4 Å². The van der Waals surface area contributed by atoms with Gasteiger partial charge in [0.25, 0.3) is 0 Å². The molecule has 0 aliphatic heterocycles. The monoisotopic (exact) mass is 258 g/mol. The maximum absolute atomic E-state index is 11.2. The molecule has 0 spiro atoms. The molecule has 0 bridgehead atoms. The molecule has 0 amide bonds. The molecular formula is C12H18O6. The SMILES string of the molecule is C=C(C)C(O)C(=O)COC(=O)CCCCC(=O)O. The summed E-state index contributed by atoms with van der Waals surface area (Å²) in [6.07, 6.45) is -0.482. The zero-order valence-electron chi connectivity index (χ0n) is 10.3. The van der Waals surface area contributed by atoms with Gasteiger partial charge >= 0.3 is 11.9 Å². The number of carboxylic acid groups (broad SMARTS) is 1. The molecule has 1 unspecified atom stereocenters. The highest BCUT2D eigenvalue weighted by atomic mass is 16.5. The third-order valence-electron chi connectivity index (χ3n) is 2.17. The normalized spacial score (nSPS) is 11.7. The number of ketones is 1. The van der Waals surface area contributed by atoms with E-state index in [0.29, 0.717) is 12.8 Å². The fourth-order valence-electron chi connectivity index (χ4n) is 1.12. The number of hydrogen-bond acceptors (Lipinski definition) is 5. The van der Waals surface area contributed by atoms with Crippen molar-refractivity contribution in [1.29, 1.82) is 0 Å². The molecule has 0 aliphatic rings. The Kier molecular flexibility index (Phi) is 7.62. The second-order valence-corrected chi connectivity index (χ2v) is 3.98. The van der Waals surface area contributed by atoms with Crippen LogP contribution in [0.15, 0.2) is 12.2 Å². The molecular weight excluding hydrogens is 240 g/mol. The van der Waals surface area contributed by atoms with Crippen LogP contribution in [0.4, 0.5) is 0 Å². The van der Waals surface area contributed by atoms with E-state index in [1.54, 1.807) is 0 Å². The zero-order chi connectivity index (χ0) is 14.1. The number of ether oxygens (including phenoxy) is 1. The van der Waals surface area contributed by atoms with Gasteiger partial charge in [0.15, 0.2) is 6.61 Å². The Hall–Kier alpha value is -1.69. The summed E-state index contributed by atoms with van der Waals surface area (Å²) in [7, 11) is 0. The van der Waals surface area contributed by atoms with Gasteiger partial charge in [-0.25, -0.2) is 0 Å². The molecule has 6 nitrogen and oxygen atoms in total. The van der Waals surface area contributed by atoms with Gasteiger partial charge in [0.1, 0.15) is 6.10 Å². The first kappa shape index (κ1) is 16.3. The van der Waals surface area contributed by atoms with E-state index in [1.807, 2.05) is 0 Å². The second kappa shape index (κ2) is 8.41. The number of Topliss-reactive ketones (excluding diaryl/α,β-unsaturated/α-hetero) is 1. The van der Waals surface area contributed by atoms with Crippen molar-refractivity contribution in [2.75, 3.05) is 6.61 Å². The largest absolute Gasteiger partial charge is 0.481 e. The summed E-state index contributed by atoms with van der Waals surface area (Å²) in [6, 6.07) is 0. The van der Waals surface area contributed by atoms with Crippen LogP contribution in [0.3, 0.4) is 0 Å². The van der Waals surface area contributed by atoms with Crippen LogP contribution in [0.1, 0.15) is 32.6 Å². The molecule has 0 aromatic carbocycles. The van der Waals surface area contributed by atoms with Gasteiger partial charge in [0.05, 0.1) is 0 Å². The van der Waals surface area contributed by atoms with Crippen LogP contribution in [0.2, 0.25) is 0 Å². The molecule has 0 saturated heterocycles. The van der Waals surface area contributed by atoms with E-state index in [-0.39, 0.29) is 18.4 Å². The fourth-order valence-corrected chi connectivity index (χ4v) is 1.12. The predicted octanol–water partition coefficient (Wildman–Crippen LogP) is 0.681. The Labute approximate surface area is 105 Å². The van der Waals surface area contributed by atoms with Crippen molar-refractivity contribution >= 4 is 17.7 Å². The number of hydrogen-bond donors (Lipinski definition) is 2. The minimum atomic E-state index is -1.31. The summed E-state index contributed by atoms with van der Waals surface area (Å²) in [5.74, 6) is -2.12. The molecule has 18 heavy (non-hydrogen) atoms. The summed E-state index contributed by atoms with van der Waals surface area (Å²) in [4.78, 5) is 32.6. The van der Waals surface area contributed by atoms with E-state index in [2.05, 4.69) is 11.3 Å². The Bertz CT molecular complexity index is 333. The summed E-state index contributed by atoms with van der Waals surface area (Å²) < 4.78 is 4.65. The Morgan fingerprint density at radius 3 is 2.28 bits per heavy atom. The van der Waals surface area contributed by atoms with Crippen LogP contribution in [0.5, 0.6) is 0 Å². The molecule has 0 heterocycles. The van der Waals surface area contributed by atoms with Gasteiger partial charge in [-0.15, -0.1) is 0 Å². The summed E-state index contributed by atoms with van der Waals surface area (Å²) in [6.45, 7) is 4.42. The van der Waals surface area contributed by atoms with Crippen molar-refractivity contribution in [1.82, 2.24) is 0 Å². The summed E-state index contributed by atoms with van der Waals surface area (Å²) >= 11 is 0. The lowest BCUT2D eigenvalue weighted by Gasteiger charge is -2.09. The highest BCUT2D eigenvalue weighted by Gasteiger charge is 2.17. The molecule has 0 fully saturated rings. The van der Waals surface area contributed by atoms with E-state index in [4.69, 9.17) is 5.11 Å². The Morgan fingerprint density at radius 2 is 1.78 bits per heavy atom. The standard InChI is InChI=1S/C12H18O6/c1-8(2)12(17)9(13)7-18-11(16)6-4-3-5-10(14)15/h12,17H,1,3-7H2,2H3,(H,14,15). The molecule has 0 aliphatic carbocycles. The van der Waals surface area contributed by atoms with Crippen LogP contribution in [-0.2, 0) is 19.1 Å². The van der Waals surface area contributed by atoms with Gasteiger partial charge in [0, 0.05) is 12.8 Å².